The number of nitrogens with zero attached hydrogens (tertiary/aromatic N) is 6. The van der Waals surface area contributed by atoms with E-state index < -0.39 is 0 Å². The number of benzene rings is 1. The van der Waals surface area contributed by atoms with E-state index in [1.165, 1.54) is 12.4 Å². The van der Waals surface area contributed by atoms with Crippen LogP contribution in [0.1, 0.15) is 25.5 Å². The molecule has 0 saturated carbocycles. The molecule has 2 aliphatic rings. The summed E-state index contributed by atoms with van der Waals surface area (Å²) in [4.78, 5) is 38.8. The Labute approximate surface area is 192 Å². The van der Waals surface area contributed by atoms with Gasteiger partial charge in [-0.3, -0.25) is 9.69 Å². The maximum absolute atomic E-state index is 12.9. The molecule has 1 unspecified atom stereocenters. The number of carbonyl (C=O) groups is 2. The first-order valence-electron chi connectivity index (χ1n) is 11.0. The second-order valence-electron chi connectivity index (χ2n) is 7.83. The quantitative estimate of drug-likeness (QED) is 0.635. The molecule has 1 aromatic carbocycles. The Hall–Kier alpha value is -3.87. The van der Waals surface area contributed by atoms with Crippen LogP contribution < -0.4 is 14.4 Å². The van der Waals surface area contributed by atoms with E-state index in [2.05, 4.69) is 9.97 Å². The van der Waals surface area contributed by atoms with Crippen molar-refractivity contribution in [1.82, 2.24) is 19.8 Å². The van der Waals surface area contributed by atoms with Crippen LogP contribution in [-0.2, 0) is 4.79 Å². The number of nitriles is 1. The smallest absolute Gasteiger partial charge is 0.325 e. The van der Waals surface area contributed by atoms with Gasteiger partial charge < -0.3 is 19.3 Å². The van der Waals surface area contributed by atoms with Gasteiger partial charge in [0.2, 0.25) is 11.6 Å². The fourth-order valence-corrected chi connectivity index (χ4v) is 4.03. The summed E-state index contributed by atoms with van der Waals surface area (Å²) in [7, 11) is 0. The molecule has 0 bridgehead atoms. The van der Waals surface area contributed by atoms with Crippen molar-refractivity contribution in [3.05, 3.63) is 42.4 Å². The van der Waals surface area contributed by atoms with Crippen LogP contribution in [0.5, 0.6) is 11.6 Å². The van der Waals surface area contributed by atoms with Crippen molar-refractivity contribution in [2.45, 2.75) is 25.9 Å². The maximum Gasteiger partial charge on any atom is 0.325 e. The largest absolute Gasteiger partial charge is 0.494 e. The Morgan fingerprint density at radius 2 is 1.97 bits per heavy atom. The number of hydrogen-bond acceptors (Lipinski definition) is 7. The molecule has 0 spiro atoms. The summed E-state index contributed by atoms with van der Waals surface area (Å²) in [5.74, 6) is 0.815. The normalized spacial score (nSPS) is 18.2. The third-order valence-electron chi connectivity index (χ3n) is 5.66. The minimum Gasteiger partial charge on any atom is -0.494 e. The number of likely N-dealkylation sites (tertiary alicyclic amines) is 1. The average molecular weight is 450 g/mol. The van der Waals surface area contributed by atoms with Crippen LogP contribution >= 0.6 is 0 Å². The van der Waals surface area contributed by atoms with E-state index in [-0.39, 0.29) is 36.2 Å². The van der Waals surface area contributed by atoms with Crippen LogP contribution in [0, 0.1) is 11.3 Å². The zero-order chi connectivity index (χ0) is 23.2. The van der Waals surface area contributed by atoms with Gasteiger partial charge in [0, 0.05) is 37.7 Å². The summed E-state index contributed by atoms with van der Waals surface area (Å²) in [5, 5.41) is 9.17. The van der Waals surface area contributed by atoms with Crippen molar-refractivity contribution in [3.8, 4) is 17.7 Å². The van der Waals surface area contributed by atoms with Gasteiger partial charge >= 0.3 is 6.03 Å². The summed E-state index contributed by atoms with van der Waals surface area (Å²) in [6.07, 6.45) is 4.15. The van der Waals surface area contributed by atoms with Crippen LogP contribution in [0.2, 0.25) is 0 Å². The molecule has 10 heteroatoms. The molecular formula is C23H26N6O4. The monoisotopic (exact) mass is 450 g/mol. The van der Waals surface area contributed by atoms with E-state index in [0.29, 0.717) is 32.8 Å². The lowest BCUT2D eigenvalue weighted by Crippen LogP contribution is -2.48. The molecule has 2 aromatic rings. The molecule has 3 heterocycles. The minimum absolute atomic E-state index is 0.0215. The number of ether oxygens (including phenoxy) is 2. The third kappa shape index (κ3) is 5.14. The lowest BCUT2D eigenvalue weighted by Gasteiger charge is -2.33. The number of rotatable bonds is 7. The SMILES string of the molecule is CCOc1ccc(N2CCN(CC(=O)N3CCCC(Oc4nccnc4C#N)C3)C2=O)cc1. The van der Waals surface area contributed by atoms with Gasteiger partial charge in [-0.1, -0.05) is 0 Å². The highest BCUT2D eigenvalue weighted by Crippen LogP contribution is 2.24. The van der Waals surface area contributed by atoms with Crippen molar-refractivity contribution in [2.75, 3.05) is 44.2 Å². The first-order chi connectivity index (χ1) is 16.1. The van der Waals surface area contributed by atoms with Crippen LogP contribution in [0.3, 0.4) is 0 Å². The Morgan fingerprint density at radius 3 is 2.73 bits per heavy atom. The Balaban J connectivity index is 1.33. The van der Waals surface area contributed by atoms with Crippen molar-refractivity contribution < 1.29 is 19.1 Å². The second kappa shape index (κ2) is 10.2. The number of aromatic nitrogens is 2. The van der Waals surface area contributed by atoms with Crippen molar-refractivity contribution in [3.63, 3.8) is 0 Å². The Bertz CT molecular complexity index is 1040. The molecule has 3 amide bonds. The lowest BCUT2D eigenvalue weighted by atomic mass is 10.1. The molecule has 2 aliphatic heterocycles. The summed E-state index contributed by atoms with van der Waals surface area (Å²) in [6.45, 7) is 4.51. The standard InChI is InChI=1S/C23H26N6O4/c1-2-32-18-7-5-17(6-8-18)29-13-12-28(23(29)31)16-21(30)27-11-3-4-19(15-27)33-22-20(14-24)25-9-10-26-22/h5-10,19H,2-4,11-13,15-16H2,1H3. The van der Waals surface area contributed by atoms with Gasteiger partial charge in [0.25, 0.3) is 5.88 Å². The van der Waals surface area contributed by atoms with E-state index in [4.69, 9.17) is 14.7 Å². The molecule has 2 fully saturated rings. The summed E-state index contributed by atoms with van der Waals surface area (Å²) in [5.41, 5.74) is 0.903. The first kappa shape index (κ1) is 22.3. The van der Waals surface area contributed by atoms with Gasteiger partial charge in [0.1, 0.15) is 24.5 Å². The van der Waals surface area contributed by atoms with E-state index >= 15 is 0 Å². The fourth-order valence-electron chi connectivity index (χ4n) is 4.03. The van der Waals surface area contributed by atoms with Gasteiger partial charge in [-0.2, -0.15) is 5.26 Å². The van der Waals surface area contributed by atoms with Crippen molar-refractivity contribution in [1.29, 1.82) is 5.26 Å². The molecule has 2 saturated heterocycles. The molecule has 10 nitrogen and oxygen atoms in total. The van der Waals surface area contributed by atoms with Crippen LogP contribution in [0.15, 0.2) is 36.7 Å². The second-order valence-corrected chi connectivity index (χ2v) is 7.83. The van der Waals surface area contributed by atoms with Crippen LogP contribution in [0.25, 0.3) is 0 Å². The highest BCUT2D eigenvalue weighted by atomic mass is 16.5. The van der Waals surface area contributed by atoms with Crippen molar-refractivity contribution in [2.24, 2.45) is 0 Å². The predicted octanol–water partition coefficient (Wildman–Crippen LogP) is 2.06. The highest BCUT2D eigenvalue weighted by Gasteiger charge is 2.33. The van der Waals surface area contributed by atoms with Crippen LogP contribution in [0.4, 0.5) is 10.5 Å². The minimum atomic E-state index is -0.277. The number of piperidine rings is 1. The van der Waals surface area contributed by atoms with Crippen molar-refractivity contribution >= 4 is 17.6 Å². The number of hydrogen-bond donors (Lipinski definition) is 0. The fraction of sp³-hybridized carbons (Fsp3) is 0.435. The highest BCUT2D eigenvalue weighted by molar-refractivity contribution is 5.96. The number of urea groups is 1. The van der Waals surface area contributed by atoms with Gasteiger partial charge in [-0.15, -0.1) is 0 Å². The molecule has 4 rings (SSSR count). The maximum atomic E-state index is 12.9. The first-order valence-corrected chi connectivity index (χ1v) is 11.0. The molecular weight excluding hydrogens is 424 g/mol. The van der Waals surface area contributed by atoms with Gasteiger partial charge in [0.15, 0.2) is 0 Å². The number of amides is 3. The number of carbonyl (C=O) groups excluding carboxylic acids is 2. The molecule has 33 heavy (non-hydrogen) atoms. The van der Waals surface area contributed by atoms with Gasteiger partial charge in [-0.05, 0) is 44.0 Å². The van der Waals surface area contributed by atoms with Crippen LogP contribution in [-0.4, -0.2) is 77.1 Å². The lowest BCUT2D eigenvalue weighted by molar-refractivity contribution is -0.134. The van der Waals surface area contributed by atoms with E-state index in [9.17, 15) is 9.59 Å². The van der Waals surface area contributed by atoms with E-state index in [0.717, 1.165) is 24.3 Å². The molecule has 0 N–H and O–H groups in total. The zero-order valence-electron chi connectivity index (χ0n) is 18.5. The summed E-state index contributed by atoms with van der Waals surface area (Å²) < 4.78 is 11.3. The van der Waals surface area contributed by atoms with Gasteiger partial charge in [0.05, 0.1) is 13.2 Å². The van der Waals surface area contributed by atoms with E-state index in [1.54, 1.807) is 14.7 Å². The Kier molecular flexibility index (Phi) is 6.88. The molecule has 0 radical (unpaired) electrons. The Morgan fingerprint density at radius 1 is 1.18 bits per heavy atom. The van der Waals surface area contributed by atoms with Gasteiger partial charge in [-0.25, -0.2) is 14.8 Å². The number of anilines is 1. The molecule has 0 aliphatic carbocycles. The molecule has 1 aromatic heterocycles. The topological polar surface area (TPSA) is 112 Å². The van der Waals surface area contributed by atoms with E-state index in [1.807, 2.05) is 37.3 Å². The zero-order valence-corrected chi connectivity index (χ0v) is 18.5. The summed E-state index contributed by atoms with van der Waals surface area (Å²) in [6, 6.07) is 9.15. The average Bonchev–Trinajstić information content (AvgIpc) is 3.20. The summed E-state index contributed by atoms with van der Waals surface area (Å²) >= 11 is 0. The third-order valence-corrected chi connectivity index (χ3v) is 5.66. The predicted molar refractivity (Wildman–Crippen MR) is 119 cm³/mol. The molecule has 1 atom stereocenters. The molecule has 172 valence electrons.